The summed E-state index contributed by atoms with van der Waals surface area (Å²) in [6.45, 7) is 4.17. The summed E-state index contributed by atoms with van der Waals surface area (Å²) in [7, 11) is 1.39. The van der Waals surface area contributed by atoms with Crippen LogP contribution in [-0.2, 0) is 6.54 Å². The summed E-state index contributed by atoms with van der Waals surface area (Å²) in [5, 5.41) is 12.5. The molecule has 0 saturated carbocycles. The second-order valence-electron chi connectivity index (χ2n) is 5.58. The van der Waals surface area contributed by atoms with Gasteiger partial charge in [-0.2, -0.15) is 0 Å². The van der Waals surface area contributed by atoms with E-state index in [4.69, 9.17) is 4.74 Å². The lowest BCUT2D eigenvalue weighted by Crippen LogP contribution is -2.23. The highest BCUT2D eigenvalue weighted by atomic mass is 19.1. The summed E-state index contributed by atoms with van der Waals surface area (Å²) in [4.78, 5) is 12.2. The van der Waals surface area contributed by atoms with Gasteiger partial charge in [-0.15, -0.1) is 0 Å². The van der Waals surface area contributed by atoms with E-state index in [9.17, 15) is 14.3 Å². The van der Waals surface area contributed by atoms with Crippen LogP contribution in [0.1, 0.15) is 41.3 Å². The fraction of sp³-hybridized carbons (Fsp3) is 0.278. The lowest BCUT2D eigenvalue weighted by molar-refractivity contribution is 0.0948. The smallest absolute Gasteiger partial charge is 0.255 e. The van der Waals surface area contributed by atoms with Crippen molar-refractivity contribution in [3.63, 3.8) is 0 Å². The Hall–Kier alpha value is -2.56. The number of methoxy groups -OCH3 is 1. The molecule has 0 aliphatic rings. The number of hydrogen-bond donors (Lipinski definition) is 2. The topological polar surface area (TPSA) is 58.6 Å². The van der Waals surface area contributed by atoms with Crippen molar-refractivity contribution in [2.45, 2.75) is 26.3 Å². The molecular formula is C18H20FNO3. The van der Waals surface area contributed by atoms with Gasteiger partial charge in [0.05, 0.1) is 12.7 Å². The highest BCUT2D eigenvalue weighted by Gasteiger charge is 2.13. The molecule has 0 spiro atoms. The first-order chi connectivity index (χ1) is 10.9. The van der Waals surface area contributed by atoms with Crippen molar-refractivity contribution >= 4 is 5.91 Å². The predicted octanol–water partition coefficient (Wildman–Crippen LogP) is 3.59. The number of nitrogens with one attached hydrogen (secondary N) is 1. The monoisotopic (exact) mass is 317 g/mol. The van der Waals surface area contributed by atoms with E-state index in [0.29, 0.717) is 5.56 Å². The van der Waals surface area contributed by atoms with Crippen molar-refractivity contribution in [1.29, 1.82) is 0 Å². The first kappa shape index (κ1) is 16.8. The zero-order valence-corrected chi connectivity index (χ0v) is 13.4. The molecule has 0 atom stereocenters. The summed E-state index contributed by atoms with van der Waals surface area (Å²) < 4.78 is 18.5. The maximum atomic E-state index is 13.6. The minimum Gasteiger partial charge on any atom is -0.507 e. The maximum Gasteiger partial charge on any atom is 0.255 e. The molecule has 5 heteroatoms. The number of benzene rings is 2. The maximum absolute atomic E-state index is 13.6. The van der Waals surface area contributed by atoms with E-state index in [1.165, 1.54) is 25.3 Å². The van der Waals surface area contributed by atoms with E-state index < -0.39 is 11.7 Å². The second kappa shape index (κ2) is 7.13. The summed E-state index contributed by atoms with van der Waals surface area (Å²) in [6, 6.07) is 9.46. The number of ether oxygens (including phenoxy) is 1. The normalized spacial score (nSPS) is 10.7. The molecule has 0 aliphatic heterocycles. The van der Waals surface area contributed by atoms with Crippen LogP contribution in [0.25, 0.3) is 0 Å². The largest absolute Gasteiger partial charge is 0.507 e. The van der Waals surface area contributed by atoms with Crippen molar-refractivity contribution in [1.82, 2.24) is 5.32 Å². The average Bonchev–Trinajstić information content (AvgIpc) is 2.53. The summed E-state index contributed by atoms with van der Waals surface area (Å²) in [5.74, 6) is -0.557. The zero-order valence-electron chi connectivity index (χ0n) is 13.4. The van der Waals surface area contributed by atoms with Gasteiger partial charge >= 0.3 is 0 Å². The minimum absolute atomic E-state index is 0.0761. The zero-order chi connectivity index (χ0) is 17.0. The van der Waals surface area contributed by atoms with Gasteiger partial charge < -0.3 is 15.2 Å². The van der Waals surface area contributed by atoms with Crippen LogP contribution < -0.4 is 10.1 Å². The molecule has 0 heterocycles. The molecule has 23 heavy (non-hydrogen) atoms. The number of carbonyl (C=O) groups excluding carboxylic acids is 1. The number of hydrogen-bond acceptors (Lipinski definition) is 3. The van der Waals surface area contributed by atoms with Crippen LogP contribution in [0.2, 0.25) is 0 Å². The first-order valence-corrected chi connectivity index (χ1v) is 7.36. The minimum atomic E-state index is -0.482. The molecule has 0 radical (unpaired) electrons. The van der Waals surface area contributed by atoms with Gasteiger partial charge in [0.2, 0.25) is 0 Å². The second-order valence-corrected chi connectivity index (χ2v) is 5.58. The highest BCUT2D eigenvalue weighted by Crippen LogP contribution is 2.23. The lowest BCUT2D eigenvalue weighted by atomic mass is 10.00. The number of phenols is 1. The number of aromatic hydroxyl groups is 1. The third-order valence-electron chi connectivity index (χ3n) is 3.60. The van der Waals surface area contributed by atoms with Crippen molar-refractivity contribution in [2.75, 3.05) is 7.11 Å². The third kappa shape index (κ3) is 4.00. The average molecular weight is 317 g/mol. The van der Waals surface area contributed by atoms with E-state index in [1.54, 1.807) is 18.2 Å². The van der Waals surface area contributed by atoms with Crippen LogP contribution in [0, 0.1) is 5.82 Å². The molecule has 2 aromatic carbocycles. The number of carbonyl (C=O) groups is 1. The summed E-state index contributed by atoms with van der Waals surface area (Å²) >= 11 is 0. The van der Waals surface area contributed by atoms with Gasteiger partial charge in [-0.1, -0.05) is 26.0 Å². The van der Waals surface area contributed by atoms with E-state index in [0.717, 1.165) is 5.56 Å². The Morgan fingerprint density at radius 1 is 1.26 bits per heavy atom. The number of phenolic OH excluding ortho intramolecular Hbond substituents is 1. The predicted molar refractivity (Wildman–Crippen MR) is 86.3 cm³/mol. The van der Waals surface area contributed by atoms with Gasteiger partial charge in [-0.3, -0.25) is 4.79 Å². The summed E-state index contributed by atoms with van der Waals surface area (Å²) in [6.07, 6.45) is 0. The molecule has 1 amide bonds. The Morgan fingerprint density at radius 2 is 2.00 bits per heavy atom. The van der Waals surface area contributed by atoms with E-state index >= 15 is 0 Å². The van der Waals surface area contributed by atoms with Crippen LogP contribution in [0.15, 0.2) is 36.4 Å². The van der Waals surface area contributed by atoms with Crippen LogP contribution >= 0.6 is 0 Å². The van der Waals surface area contributed by atoms with Crippen molar-refractivity contribution in [3.8, 4) is 11.5 Å². The molecule has 2 aromatic rings. The highest BCUT2D eigenvalue weighted by molar-refractivity contribution is 5.97. The van der Waals surface area contributed by atoms with Gasteiger partial charge in [0.25, 0.3) is 5.91 Å². The van der Waals surface area contributed by atoms with E-state index in [-0.39, 0.29) is 29.5 Å². The van der Waals surface area contributed by atoms with Crippen LogP contribution in [0.5, 0.6) is 11.5 Å². The Morgan fingerprint density at radius 3 is 2.61 bits per heavy atom. The molecular weight excluding hydrogens is 297 g/mol. The standard InChI is InChI=1S/C18H20FNO3/c1-11(2)13-5-6-16(21)14(9-13)18(22)20-10-12-4-7-17(23-3)15(19)8-12/h4-9,11,21H,10H2,1-3H3,(H,20,22). The number of halogens is 1. The van der Waals surface area contributed by atoms with Crippen LogP contribution in [0.3, 0.4) is 0 Å². The Labute approximate surface area is 134 Å². The van der Waals surface area contributed by atoms with Gasteiger partial charge in [0.15, 0.2) is 11.6 Å². The van der Waals surface area contributed by atoms with Crippen molar-refractivity contribution in [3.05, 3.63) is 58.9 Å². The van der Waals surface area contributed by atoms with Gasteiger partial charge in [-0.25, -0.2) is 4.39 Å². The lowest BCUT2D eigenvalue weighted by Gasteiger charge is -2.11. The van der Waals surface area contributed by atoms with Gasteiger partial charge in [0.1, 0.15) is 5.75 Å². The molecule has 0 aromatic heterocycles. The molecule has 4 nitrogen and oxygen atoms in total. The summed E-state index contributed by atoms with van der Waals surface area (Å²) in [5.41, 5.74) is 1.78. The molecule has 122 valence electrons. The number of amides is 1. The Bertz CT molecular complexity index is 713. The molecule has 0 aliphatic carbocycles. The van der Waals surface area contributed by atoms with Crippen molar-refractivity contribution in [2.24, 2.45) is 0 Å². The van der Waals surface area contributed by atoms with Crippen LogP contribution in [0.4, 0.5) is 4.39 Å². The molecule has 0 bridgehead atoms. The van der Waals surface area contributed by atoms with Gasteiger partial charge in [0, 0.05) is 6.54 Å². The number of rotatable bonds is 5. The molecule has 2 N–H and O–H groups in total. The van der Waals surface area contributed by atoms with Gasteiger partial charge in [-0.05, 0) is 41.3 Å². The quantitative estimate of drug-likeness (QED) is 0.886. The van der Waals surface area contributed by atoms with E-state index in [2.05, 4.69) is 5.32 Å². The Balaban J connectivity index is 2.10. The Kier molecular flexibility index (Phi) is 5.21. The fourth-order valence-corrected chi connectivity index (χ4v) is 2.19. The van der Waals surface area contributed by atoms with Crippen LogP contribution in [-0.4, -0.2) is 18.1 Å². The van der Waals surface area contributed by atoms with Crippen molar-refractivity contribution < 1.29 is 19.0 Å². The third-order valence-corrected chi connectivity index (χ3v) is 3.60. The molecule has 2 rings (SSSR count). The first-order valence-electron chi connectivity index (χ1n) is 7.36. The molecule has 0 unspecified atom stereocenters. The fourth-order valence-electron chi connectivity index (χ4n) is 2.19. The van der Waals surface area contributed by atoms with E-state index in [1.807, 2.05) is 13.8 Å². The molecule has 0 saturated heterocycles. The SMILES string of the molecule is COc1ccc(CNC(=O)c2cc(C(C)C)ccc2O)cc1F. The molecule has 0 fully saturated rings.